The summed E-state index contributed by atoms with van der Waals surface area (Å²) in [6, 6.07) is 10.9. The molecule has 0 amide bonds. The average Bonchev–Trinajstić information content (AvgIpc) is 2.92. The Kier molecular flexibility index (Phi) is 4.63. The molecule has 0 aliphatic rings. The van der Waals surface area contributed by atoms with Crippen LogP contribution in [0.5, 0.6) is 0 Å². The summed E-state index contributed by atoms with van der Waals surface area (Å²) in [4.78, 5) is 2.20. The second-order valence-corrected chi connectivity index (χ2v) is 5.03. The van der Waals surface area contributed by atoms with Gasteiger partial charge < -0.3 is 15.1 Å². The molecule has 0 aliphatic heterocycles. The SMILES string of the molecule is CCC(N)Cc1ccc(N(C)Cc2ccoc2)cc1. The highest BCUT2D eigenvalue weighted by molar-refractivity contribution is 5.47. The maximum atomic E-state index is 5.97. The molecule has 2 aromatic rings. The monoisotopic (exact) mass is 258 g/mol. The third kappa shape index (κ3) is 3.86. The van der Waals surface area contributed by atoms with Crippen LogP contribution in [0.2, 0.25) is 0 Å². The van der Waals surface area contributed by atoms with E-state index in [1.165, 1.54) is 16.8 Å². The van der Waals surface area contributed by atoms with Gasteiger partial charge in [0.05, 0.1) is 12.5 Å². The van der Waals surface area contributed by atoms with Crippen molar-refractivity contribution in [3.05, 3.63) is 54.0 Å². The summed E-state index contributed by atoms with van der Waals surface area (Å²) in [6.45, 7) is 2.97. The quantitative estimate of drug-likeness (QED) is 0.865. The molecule has 0 saturated carbocycles. The lowest BCUT2D eigenvalue weighted by atomic mass is 10.0. The molecule has 0 radical (unpaired) electrons. The largest absolute Gasteiger partial charge is 0.472 e. The van der Waals surface area contributed by atoms with Gasteiger partial charge in [-0.15, -0.1) is 0 Å². The van der Waals surface area contributed by atoms with Crippen molar-refractivity contribution < 1.29 is 4.42 Å². The summed E-state index contributed by atoms with van der Waals surface area (Å²) < 4.78 is 5.09. The molecular weight excluding hydrogens is 236 g/mol. The number of rotatable bonds is 6. The van der Waals surface area contributed by atoms with Gasteiger partial charge in [-0.25, -0.2) is 0 Å². The van der Waals surface area contributed by atoms with E-state index in [0.29, 0.717) is 0 Å². The molecule has 0 saturated heterocycles. The fourth-order valence-electron chi connectivity index (χ4n) is 2.08. The summed E-state index contributed by atoms with van der Waals surface area (Å²) in [5.41, 5.74) is 9.66. The third-order valence-electron chi connectivity index (χ3n) is 3.40. The first kappa shape index (κ1) is 13.7. The van der Waals surface area contributed by atoms with E-state index in [4.69, 9.17) is 10.2 Å². The molecule has 0 spiro atoms. The molecule has 3 heteroatoms. The van der Waals surface area contributed by atoms with Crippen LogP contribution < -0.4 is 10.6 Å². The highest BCUT2D eigenvalue weighted by Crippen LogP contribution is 2.17. The normalized spacial score (nSPS) is 12.4. The van der Waals surface area contributed by atoms with Gasteiger partial charge in [-0.2, -0.15) is 0 Å². The van der Waals surface area contributed by atoms with Gasteiger partial charge in [-0.1, -0.05) is 19.1 Å². The summed E-state index contributed by atoms with van der Waals surface area (Å²) in [7, 11) is 2.08. The Morgan fingerprint density at radius 3 is 2.47 bits per heavy atom. The third-order valence-corrected chi connectivity index (χ3v) is 3.40. The Balaban J connectivity index is 1.97. The molecule has 1 unspecified atom stereocenters. The van der Waals surface area contributed by atoms with Crippen LogP contribution in [0.3, 0.4) is 0 Å². The summed E-state index contributed by atoms with van der Waals surface area (Å²) in [6.07, 6.45) is 5.45. The van der Waals surface area contributed by atoms with Crippen LogP contribution >= 0.6 is 0 Å². The predicted octanol–water partition coefficient (Wildman–Crippen LogP) is 3.20. The van der Waals surface area contributed by atoms with Crippen LogP contribution in [-0.2, 0) is 13.0 Å². The lowest BCUT2D eigenvalue weighted by Gasteiger charge is -2.19. The van der Waals surface area contributed by atoms with E-state index < -0.39 is 0 Å². The predicted molar refractivity (Wildman–Crippen MR) is 79.2 cm³/mol. The van der Waals surface area contributed by atoms with Crippen LogP contribution in [0.25, 0.3) is 0 Å². The molecule has 1 atom stereocenters. The van der Waals surface area contributed by atoms with Gasteiger partial charge in [-0.05, 0) is 36.6 Å². The van der Waals surface area contributed by atoms with E-state index >= 15 is 0 Å². The van der Waals surface area contributed by atoms with Crippen LogP contribution in [-0.4, -0.2) is 13.1 Å². The Bertz CT molecular complexity index is 476. The molecule has 0 fully saturated rings. The summed E-state index contributed by atoms with van der Waals surface area (Å²) >= 11 is 0. The minimum Gasteiger partial charge on any atom is -0.472 e. The Morgan fingerprint density at radius 2 is 1.89 bits per heavy atom. The van der Waals surface area contributed by atoms with Crippen molar-refractivity contribution in [1.82, 2.24) is 0 Å². The van der Waals surface area contributed by atoms with E-state index in [9.17, 15) is 0 Å². The van der Waals surface area contributed by atoms with E-state index in [-0.39, 0.29) is 6.04 Å². The summed E-state index contributed by atoms with van der Waals surface area (Å²) in [5.74, 6) is 0. The maximum Gasteiger partial charge on any atom is 0.0952 e. The van der Waals surface area contributed by atoms with Crippen molar-refractivity contribution in [3.63, 3.8) is 0 Å². The zero-order chi connectivity index (χ0) is 13.7. The molecular formula is C16H22N2O. The van der Waals surface area contributed by atoms with Crippen molar-refractivity contribution >= 4 is 5.69 Å². The van der Waals surface area contributed by atoms with Crippen LogP contribution in [0, 0.1) is 0 Å². The Morgan fingerprint density at radius 1 is 1.16 bits per heavy atom. The number of hydrogen-bond donors (Lipinski definition) is 1. The second-order valence-electron chi connectivity index (χ2n) is 5.03. The number of nitrogens with two attached hydrogens (primary N) is 1. The number of furan rings is 1. The van der Waals surface area contributed by atoms with Crippen molar-refractivity contribution in [2.24, 2.45) is 5.73 Å². The van der Waals surface area contributed by atoms with Gasteiger partial charge in [0, 0.05) is 30.9 Å². The van der Waals surface area contributed by atoms with Crippen LogP contribution in [0.4, 0.5) is 5.69 Å². The van der Waals surface area contributed by atoms with Gasteiger partial charge in [0.1, 0.15) is 0 Å². The van der Waals surface area contributed by atoms with Crippen molar-refractivity contribution in [1.29, 1.82) is 0 Å². The van der Waals surface area contributed by atoms with Gasteiger partial charge in [0.15, 0.2) is 0 Å². The van der Waals surface area contributed by atoms with Crippen molar-refractivity contribution in [2.45, 2.75) is 32.4 Å². The molecule has 1 aromatic heterocycles. The highest BCUT2D eigenvalue weighted by atomic mass is 16.3. The van der Waals surface area contributed by atoms with Gasteiger partial charge >= 0.3 is 0 Å². The van der Waals surface area contributed by atoms with E-state index in [1.807, 2.05) is 6.07 Å². The molecule has 2 N–H and O–H groups in total. The number of anilines is 1. The first-order valence-corrected chi connectivity index (χ1v) is 6.75. The molecule has 0 aliphatic carbocycles. The first-order valence-electron chi connectivity index (χ1n) is 6.75. The zero-order valence-corrected chi connectivity index (χ0v) is 11.7. The second kappa shape index (κ2) is 6.43. The minimum atomic E-state index is 0.259. The van der Waals surface area contributed by atoms with E-state index in [0.717, 1.165) is 19.4 Å². The van der Waals surface area contributed by atoms with Gasteiger partial charge in [0.25, 0.3) is 0 Å². The highest BCUT2D eigenvalue weighted by Gasteiger charge is 2.05. The molecule has 19 heavy (non-hydrogen) atoms. The summed E-state index contributed by atoms with van der Waals surface area (Å²) in [5, 5.41) is 0. The fraction of sp³-hybridized carbons (Fsp3) is 0.375. The van der Waals surface area contributed by atoms with Crippen LogP contribution in [0.15, 0.2) is 47.3 Å². The zero-order valence-electron chi connectivity index (χ0n) is 11.7. The van der Waals surface area contributed by atoms with Gasteiger partial charge in [-0.3, -0.25) is 0 Å². The topological polar surface area (TPSA) is 42.4 Å². The standard InChI is InChI=1S/C16H22N2O/c1-3-15(17)10-13-4-6-16(7-5-13)18(2)11-14-8-9-19-12-14/h4-9,12,15H,3,10-11,17H2,1-2H3. The van der Waals surface area contributed by atoms with E-state index in [1.54, 1.807) is 12.5 Å². The van der Waals surface area contributed by atoms with Crippen LogP contribution in [0.1, 0.15) is 24.5 Å². The van der Waals surface area contributed by atoms with Gasteiger partial charge in [0.2, 0.25) is 0 Å². The smallest absolute Gasteiger partial charge is 0.0952 e. The number of nitrogens with zero attached hydrogens (tertiary/aromatic N) is 1. The lowest BCUT2D eigenvalue weighted by molar-refractivity contribution is 0.563. The molecule has 1 aromatic carbocycles. The Labute approximate surface area is 115 Å². The minimum absolute atomic E-state index is 0.259. The van der Waals surface area contributed by atoms with Crippen molar-refractivity contribution in [3.8, 4) is 0 Å². The number of benzene rings is 1. The molecule has 102 valence electrons. The lowest BCUT2D eigenvalue weighted by Crippen LogP contribution is -2.21. The van der Waals surface area contributed by atoms with Crippen molar-refractivity contribution in [2.75, 3.05) is 11.9 Å². The molecule has 2 rings (SSSR count). The molecule has 1 heterocycles. The molecule has 0 bridgehead atoms. The van der Waals surface area contributed by atoms with E-state index in [2.05, 4.69) is 43.1 Å². The number of hydrogen-bond acceptors (Lipinski definition) is 3. The fourth-order valence-corrected chi connectivity index (χ4v) is 2.08. The molecule has 3 nitrogen and oxygen atoms in total. The Hall–Kier alpha value is -1.74. The maximum absolute atomic E-state index is 5.97. The first-order chi connectivity index (χ1) is 9.19. The average molecular weight is 258 g/mol.